The molecule has 2 aliphatic carbocycles. The van der Waals surface area contributed by atoms with Crippen molar-refractivity contribution in [2.75, 3.05) is 18.0 Å². The first-order valence-electron chi connectivity index (χ1n) is 14.4. The van der Waals surface area contributed by atoms with Crippen molar-refractivity contribution in [2.24, 2.45) is 0 Å². The molecular weight excluding hydrogens is 580 g/mol. The lowest BCUT2D eigenvalue weighted by Gasteiger charge is -2.38. The van der Waals surface area contributed by atoms with Gasteiger partial charge in [0.2, 0.25) is 0 Å². The first-order chi connectivity index (χ1) is 21.0. The molecule has 2 aromatic carbocycles. The number of amides is 3. The van der Waals surface area contributed by atoms with Crippen LogP contribution < -0.4 is 10.2 Å². The first kappa shape index (κ1) is 29.3. The summed E-state index contributed by atoms with van der Waals surface area (Å²) >= 11 is 0. The van der Waals surface area contributed by atoms with E-state index in [0.29, 0.717) is 23.0 Å². The van der Waals surface area contributed by atoms with Gasteiger partial charge >= 0.3 is 6.18 Å². The van der Waals surface area contributed by atoms with Gasteiger partial charge in [0.1, 0.15) is 24.2 Å². The summed E-state index contributed by atoms with van der Waals surface area (Å²) in [6, 6.07) is 9.59. The number of nitrogens with zero attached hydrogens (tertiary/aromatic N) is 5. The maximum absolute atomic E-state index is 14.2. The number of halogens is 4. The van der Waals surface area contributed by atoms with Crippen LogP contribution in [0, 0.1) is 17.1 Å². The second-order valence-corrected chi connectivity index (χ2v) is 11.2. The fourth-order valence-electron chi connectivity index (χ4n) is 5.81. The second-order valence-electron chi connectivity index (χ2n) is 11.2. The van der Waals surface area contributed by atoms with Crippen molar-refractivity contribution in [1.29, 1.82) is 5.26 Å². The van der Waals surface area contributed by atoms with E-state index in [1.807, 2.05) is 6.07 Å². The highest BCUT2D eigenvalue weighted by Gasteiger charge is 2.49. The molecule has 6 rings (SSSR count). The number of alkyl halides is 3. The van der Waals surface area contributed by atoms with E-state index in [2.05, 4.69) is 5.32 Å². The molecule has 0 spiro atoms. The Morgan fingerprint density at radius 2 is 1.84 bits per heavy atom. The molecule has 3 aliphatic rings. The Balaban J connectivity index is 0.00000400. The van der Waals surface area contributed by atoms with Gasteiger partial charge in [-0.2, -0.15) is 23.5 Å². The van der Waals surface area contributed by atoms with Crippen LogP contribution in [0.1, 0.15) is 83.5 Å². The molecule has 2 fully saturated rings. The fourth-order valence-corrected chi connectivity index (χ4v) is 5.81. The van der Waals surface area contributed by atoms with Gasteiger partial charge in [-0.15, -0.1) is 0 Å². The van der Waals surface area contributed by atoms with Crippen LogP contribution in [0.5, 0.6) is 0 Å². The zero-order chi connectivity index (χ0) is 31.3. The number of rotatable bonds is 8. The number of hydrogen-bond donors (Lipinski definition) is 1. The molecule has 13 heteroatoms. The zero-order valence-electron chi connectivity index (χ0n) is 23.6. The molecule has 2 saturated carbocycles. The van der Waals surface area contributed by atoms with Gasteiger partial charge in [0, 0.05) is 31.1 Å². The highest BCUT2D eigenvalue weighted by atomic mass is 19.4. The molecule has 0 saturated heterocycles. The van der Waals surface area contributed by atoms with E-state index in [9.17, 15) is 37.2 Å². The van der Waals surface area contributed by atoms with Crippen LogP contribution in [0.4, 0.5) is 23.4 Å². The molecule has 0 radical (unpaired) electrons. The third-order valence-corrected chi connectivity index (χ3v) is 8.22. The summed E-state index contributed by atoms with van der Waals surface area (Å²) in [6.07, 6.45) is -1.68. The van der Waals surface area contributed by atoms with E-state index < -0.39 is 47.2 Å². The number of benzene rings is 2. The van der Waals surface area contributed by atoms with Crippen molar-refractivity contribution in [3.05, 3.63) is 82.3 Å². The number of fused-ring (bicyclic) bond motifs is 1. The van der Waals surface area contributed by atoms with E-state index in [1.165, 1.54) is 40.1 Å². The molecule has 230 valence electrons. The van der Waals surface area contributed by atoms with Crippen LogP contribution in [0.2, 0.25) is 0 Å². The summed E-state index contributed by atoms with van der Waals surface area (Å²) in [5, 5.41) is 16.8. The Kier molecular flexibility index (Phi) is 7.39. The summed E-state index contributed by atoms with van der Waals surface area (Å²) in [6.45, 7) is 1.71. The molecule has 0 bridgehead atoms. The Hall–Kier alpha value is -4.73. The van der Waals surface area contributed by atoms with Crippen molar-refractivity contribution in [2.45, 2.75) is 62.8 Å². The molecular formula is C31H30F4N6O3. The first-order valence-corrected chi connectivity index (χ1v) is 14.4. The summed E-state index contributed by atoms with van der Waals surface area (Å²) in [5.74, 6) is -3.17. The molecule has 3 amide bonds. The average Bonchev–Trinajstić information content (AvgIpc) is 3.94. The molecule has 2 heterocycles. The number of nitrogens with one attached hydrogen (secondary N) is 1. The van der Waals surface area contributed by atoms with Crippen LogP contribution in [-0.4, -0.2) is 57.6 Å². The smallest absolute Gasteiger partial charge is 0.339 e. The lowest BCUT2D eigenvalue weighted by Crippen LogP contribution is -2.55. The Morgan fingerprint density at radius 3 is 2.43 bits per heavy atom. The van der Waals surface area contributed by atoms with Crippen LogP contribution in [0.25, 0.3) is 0 Å². The Morgan fingerprint density at radius 1 is 1.14 bits per heavy atom. The minimum Gasteiger partial charge on any atom is -0.339 e. The van der Waals surface area contributed by atoms with Crippen LogP contribution in [0.15, 0.2) is 48.5 Å². The molecule has 1 aromatic heterocycles. The zero-order valence-corrected chi connectivity index (χ0v) is 23.6. The number of aromatic nitrogens is 2. The van der Waals surface area contributed by atoms with Gasteiger partial charge in [-0.25, -0.2) is 9.07 Å². The molecule has 0 unspecified atom stereocenters. The van der Waals surface area contributed by atoms with E-state index in [1.54, 1.807) is 11.6 Å². The van der Waals surface area contributed by atoms with Gasteiger partial charge in [0.25, 0.3) is 17.7 Å². The van der Waals surface area contributed by atoms with Crippen molar-refractivity contribution in [3.63, 3.8) is 0 Å². The Bertz CT molecular complexity index is 1680. The van der Waals surface area contributed by atoms with Gasteiger partial charge < -0.3 is 10.2 Å². The highest BCUT2D eigenvalue weighted by molar-refractivity contribution is 6.07. The van der Waals surface area contributed by atoms with Crippen molar-refractivity contribution < 1.29 is 33.4 Å². The number of carbonyl (C=O) groups is 3. The molecule has 9 nitrogen and oxygen atoms in total. The standard InChI is InChI=1S/C31H28F4N6O3.H2/c1-2-39-28-24(26(38-41(28)22-12-13-22)30(44)40(15-14-36)21-10-11-21)23(17-6-8-20(32)9-7-17)25(29(39)43)37-27(42)18-4-3-5-19(16-18)31(33,34)35;/h3-9,16,21-23,25H,2,10-13,15H2,1H3,(H,37,42);1H/t23-,25-;/m0./s1. The summed E-state index contributed by atoms with van der Waals surface area (Å²) in [5.41, 5.74) is -0.573. The fraction of sp³-hybridized carbons (Fsp3) is 0.387. The number of carbonyl (C=O) groups excluding carboxylic acids is 3. The predicted octanol–water partition coefficient (Wildman–Crippen LogP) is 5.05. The number of nitriles is 1. The summed E-state index contributed by atoms with van der Waals surface area (Å²) in [4.78, 5) is 44.6. The lowest BCUT2D eigenvalue weighted by molar-refractivity contribution is -0.137. The van der Waals surface area contributed by atoms with E-state index in [0.717, 1.165) is 37.8 Å². The monoisotopic (exact) mass is 610 g/mol. The van der Waals surface area contributed by atoms with Crippen LogP contribution in [-0.2, 0) is 11.0 Å². The van der Waals surface area contributed by atoms with Gasteiger partial charge in [0.05, 0.1) is 17.7 Å². The molecule has 44 heavy (non-hydrogen) atoms. The van der Waals surface area contributed by atoms with Gasteiger partial charge in [0.15, 0.2) is 5.69 Å². The second kappa shape index (κ2) is 11.1. The maximum atomic E-state index is 14.2. The third kappa shape index (κ3) is 5.29. The highest BCUT2D eigenvalue weighted by Crippen LogP contribution is 2.48. The lowest BCUT2D eigenvalue weighted by atomic mass is 9.80. The minimum absolute atomic E-state index is 0. The van der Waals surface area contributed by atoms with Gasteiger partial charge in [-0.05, 0) is 68.5 Å². The van der Waals surface area contributed by atoms with E-state index in [4.69, 9.17) is 5.10 Å². The minimum atomic E-state index is -4.69. The topological polar surface area (TPSA) is 111 Å². The van der Waals surface area contributed by atoms with Gasteiger partial charge in [-0.1, -0.05) is 18.2 Å². The number of likely N-dealkylation sites (N-methyl/N-ethyl adjacent to an activating group) is 1. The number of anilines is 1. The Labute approximate surface area is 251 Å². The summed E-state index contributed by atoms with van der Waals surface area (Å²) < 4.78 is 56.0. The third-order valence-electron chi connectivity index (χ3n) is 8.22. The van der Waals surface area contributed by atoms with E-state index in [-0.39, 0.29) is 37.9 Å². The van der Waals surface area contributed by atoms with E-state index >= 15 is 0 Å². The molecule has 1 aliphatic heterocycles. The van der Waals surface area contributed by atoms with Gasteiger partial charge in [-0.3, -0.25) is 19.3 Å². The normalized spacial score (nSPS) is 19.7. The van der Waals surface area contributed by atoms with Crippen molar-refractivity contribution in [1.82, 2.24) is 20.0 Å². The quantitative estimate of drug-likeness (QED) is 0.284. The van der Waals surface area contributed by atoms with Crippen LogP contribution in [0.3, 0.4) is 0 Å². The molecule has 2 atom stereocenters. The SMILES string of the molecule is CCN1C(=O)[C@@H](NC(=O)c2cccc(C(F)(F)F)c2)[C@@H](c2ccc(F)cc2)c2c(C(=O)N(CC#N)C3CC3)nn(C3CC3)c21.[HH]. The van der Waals surface area contributed by atoms with Crippen LogP contribution >= 0.6 is 0 Å². The predicted molar refractivity (Wildman–Crippen MR) is 151 cm³/mol. The van der Waals surface area contributed by atoms with Crippen molar-refractivity contribution in [3.8, 4) is 6.07 Å². The largest absolute Gasteiger partial charge is 0.416 e. The molecule has 1 N–H and O–H groups in total. The molecule has 3 aromatic rings. The average molecular weight is 611 g/mol. The van der Waals surface area contributed by atoms with Crippen molar-refractivity contribution >= 4 is 23.5 Å². The maximum Gasteiger partial charge on any atom is 0.416 e. The summed E-state index contributed by atoms with van der Waals surface area (Å²) in [7, 11) is 0. The number of hydrogen-bond acceptors (Lipinski definition) is 5.